The molecule has 0 radical (unpaired) electrons. The first-order valence-electron chi connectivity index (χ1n) is 10.8. The van der Waals surface area contributed by atoms with Crippen LogP contribution in [0.2, 0.25) is 0 Å². The first kappa shape index (κ1) is 21.4. The number of thioether (sulfide) groups is 1. The summed E-state index contributed by atoms with van der Waals surface area (Å²) in [5, 5.41) is 20.0. The number of ketones is 1. The number of nitrogens with one attached hydrogen (secondary N) is 1. The van der Waals surface area contributed by atoms with Crippen LogP contribution in [0.5, 0.6) is 0 Å². The highest BCUT2D eigenvalue weighted by Gasteiger charge is 2.37. The molecule has 1 aliphatic carbocycles. The molecule has 168 valence electrons. The second-order valence-electron chi connectivity index (χ2n) is 8.43. The Hall–Kier alpha value is -3.46. The Labute approximate surface area is 195 Å². The maximum Gasteiger partial charge on any atom is 0.269 e. The minimum atomic E-state index is -0.535. The van der Waals surface area contributed by atoms with Gasteiger partial charge in [0.25, 0.3) is 5.69 Å². The van der Waals surface area contributed by atoms with E-state index in [0.29, 0.717) is 28.7 Å². The van der Waals surface area contributed by atoms with Gasteiger partial charge in [0.2, 0.25) is 11.1 Å². The lowest BCUT2D eigenvalue weighted by atomic mass is 9.85. The number of nitrogens with zero attached hydrogens (tertiary/aromatic N) is 4. The van der Waals surface area contributed by atoms with Crippen LogP contribution in [0, 0.1) is 24.0 Å². The van der Waals surface area contributed by atoms with Crippen LogP contribution in [-0.2, 0) is 10.5 Å². The van der Waals surface area contributed by atoms with Crippen molar-refractivity contribution in [3.05, 3.63) is 86.1 Å². The van der Waals surface area contributed by atoms with Gasteiger partial charge in [-0.2, -0.15) is 4.98 Å². The molecule has 1 aromatic heterocycles. The van der Waals surface area contributed by atoms with Crippen molar-refractivity contribution < 1.29 is 9.72 Å². The molecule has 0 spiro atoms. The fourth-order valence-electron chi connectivity index (χ4n) is 4.46. The summed E-state index contributed by atoms with van der Waals surface area (Å²) >= 11 is 1.53. The summed E-state index contributed by atoms with van der Waals surface area (Å²) in [6.07, 6.45) is 1.98. The molecule has 0 amide bonds. The molecular formula is C24H23N5O3S. The predicted molar refractivity (Wildman–Crippen MR) is 126 cm³/mol. The quantitative estimate of drug-likeness (QED) is 0.320. The van der Waals surface area contributed by atoms with Crippen LogP contribution in [0.25, 0.3) is 0 Å². The van der Waals surface area contributed by atoms with Crippen molar-refractivity contribution in [2.24, 2.45) is 0 Å². The zero-order chi connectivity index (χ0) is 23.1. The second-order valence-corrected chi connectivity index (χ2v) is 9.37. The molecule has 2 aliphatic rings. The number of anilines is 1. The Morgan fingerprint density at radius 1 is 1.21 bits per heavy atom. The van der Waals surface area contributed by atoms with Gasteiger partial charge in [-0.05, 0) is 43.4 Å². The molecule has 3 aromatic rings. The van der Waals surface area contributed by atoms with Crippen molar-refractivity contribution in [2.75, 3.05) is 5.32 Å². The standard InChI is InChI=1S/C24H23N5O3S/c1-14-9-10-17(15(2)11-14)13-33-24-26-23-25-19-7-4-8-20(30)21(19)22(28(23)27-24)16-5-3-6-18(12-16)29(31)32/h3,5-6,9-12,22H,4,7-8,13H2,1-2H3,(H,25,26,27). The van der Waals surface area contributed by atoms with E-state index in [9.17, 15) is 14.9 Å². The van der Waals surface area contributed by atoms with Gasteiger partial charge >= 0.3 is 0 Å². The van der Waals surface area contributed by atoms with E-state index in [2.05, 4.69) is 42.3 Å². The summed E-state index contributed by atoms with van der Waals surface area (Å²) in [7, 11) is 0. The van der Waals surface area contributed by atoms with E-state index >= 15 is 0 Å². The number of aryl methyl sites for hydroxylation is 2. The third-order valence-electron chi connectivity index (χ3n) is 6.10. The molecule has 5 rings (SSSR count). The highest BCUT2D eigenvalue weighted by Crippen LogP contribution is 2.41. The number of fused-ring (bicyclic) bond motifs is 1. The topological polar surface area (TPSA) is 103 Å². The molecule has 0 saturated heterocycles. The van der Waals surface area contributed by atoms with E-state index in [1.807, 2.05) is 6.07 Å². The van der Waals surface area contributed by atoms with Gasteiger partial charge in [-0.1, -0.05) is 47.7 Å². The van der Waals surface area contributed by atoms with E-state index in [1.54, 1.807) is 10.7 Å². The van der Waals surface area contributed by atoms with E-state index in [0.717, 1.165) is 24.3 Å². The second kappa shape index (κ2) is 8.47. The zero-order valence-electron chi connectivity index (χ0n) is 18.4. The maximum atomic E-state index is 12.9. The first-order chi connectivity index (χ1) is 15.9. The van der Waals surface area contributed by atoms with Crippen molar-refractivity contribution >= 4 is 29.2 Å². The Bertz CT molecular complexity index is 1310. The minimum absolute atomic E-state index is 0.0115. The van der Waals surface area contributed by atoms with Crippen molar-refractivity contribution in [3.63, 3.8) is 0 Å². The minimum Gasteiger partial charge on any atom is -0.328 e. The number of nitro benzene ring substituents is 1. The molecule has 2 heterocycles. The number of Topliss-reactive ketones (excluding diaryl/α,β-unsaturated/α-hetero) is 1. The number of non-ortho nitro benzene ring substituents is 1. The van der Waals surface area contributed by atoms with Gasteiger partial charge in [-0.15, -0.1) is 5.10 Å². The molecule has 1 atom stereocenters. The van der Waals surface area contributed by atoms with E-state index < -0.39 is 11.0 Å². The van der Waals surface area contributed by atoms with Crippen LogP contribution in [0.3, 0.4) is 0 Å². The summed E-state index contributed by atoms with van der Waals surface area (Å²) in [6, 6.07) is 12.3. The van der Waals surface area contributed by atoms with Crippen LogP contribution >= 0.6 is 11.8 Å². The number of allylic oxidation sites excluding steroid dienone is 2. The predicted octanol–water partition coefficient (Wildman–Crippen LogP) is 5.12. The summed E-state index contributed by atoms with van der Waals surface area (Å²) < 4.78 is 1.70. The van der Waals surface area contributed by atoms with E-state index in [4.69, 9.17) is 5.10 Å². The van der Waals surface area contributed by atoms with E-state index in [-0.39, 0.29) is 11.5 Å². The Kier molecular flexibility index (Phi) is 5.49. The number of carbonyl (C=O) groups excluding carboxylic acids is 1. The summed E-state index contributed by atoms with van der Waals surface area (Å²) in [5.41, 5.74) is 5.78. The lowest BCUT2D eigenvalue weighted by Gasteiger charge is -2.32. The molecular weight excluding hydrogens is 438 g/mol. The van der Waals surface area contributed by atoms with Crippen LogP contribution in [0.1, 0.15) is 47.6 Å². The molecule has 2 aromatic carbocycles. The molecule has 0 fully saturated rings. The van der Waals surface area contributed by atoms with Gasteiger partial charge in [-0.3, -0.25) is 14.9 Å². The van der Waals surface area contributed by atoms with Crippen LogP contribution in [0.15, 0.2) is 58.9 Å². The average Bonchev–Trinajstić information content (AvgIpc) is 3.19. The van der Waals surface area contributed by atoms with Crippen LogP contribution < -0.4 is 5.32 Å². The molecule has 8 nitrogen and oxygen atoms in total. The van der Waals surface area contributed by atoms with Gasteiger partial charge in [0.15, 0.2) is 5.78 Å². The third-order valence-corrected chi connectivity index (χ3v) is 6.99. The molecule has 0 saturated carbocycles. The van der Waals surface area contributed by atoms with Gasteiger partial charge in [0.1, 0.15) is 6.04 Å². The van der Waals surface area contributed by atoms with Gasteiger partial charge in [-0.25, -0.2) is 4.68 Å². The highest BCUT2D eigenvalue weighted by atomic mass is 32.2. The zero-order valence-corrected chi connectivity index (χ0v) is 19.2. The smallest absolute Gasteiger partial charge is 0.269 e. The number of carbonyl (C=O) groups is 1. The van der Waals surface area contributed by atoms with Gasteiger partial charge in [0, 0.05) is 35.6 Å². The van der Waals surface area contributed by atoms with Gasteiger partial charge < -0.3 is 5.32 Å². The van der Waals surface area contributed by atoms with Crippen molar-refractivity contribution in [1.29, 1.82) is 0 Å². The average molecular weight is 462 g/mol. The molecule has 1 N–H and O–H groups in total. The fourth-order valence-corrected chi connectivity index (χ4v) is 5.37. The Morgan fingerprint density at radius 2 is 2.06 bits per heavy atom. The summed E-state index contributed by atoms with van der Waals surface area (Å²) in [4.78, 5) is 28.6. The number of nitro groups is 1. The van der Waals surface area contributed by atoms with Crippen LogP contribution in [-0.4, -0.2) is 25.5 Å². The monoisotopic (exact) mass is 461 g/mol. The number of benzene rings is 2. The Balaban J connectivity index is 1.52. The number of aromatic nitrogens is 3. The molecule has 9 heteroatoms. The normalized spacial score (nSPS) is 17.4. The van der Waals surface area contributed by atoms with Gasteiger partial charge in [0.05, 0.1) is 4.92 Å². The maximum absolute atomic E-state index is 12.9. The summed E-state index contributed by atoms with van der Waals surface area (Å²) in [6.45, 7) is 4.17. The largest absolute Gasteiger partial charge is 0.328 e. The number of hydrogen-bond acceptors (Lipinski definition) is 7. The lowest BCUT2D eigenvalue weighted by Crippen LogP contribution is -2.31. The molecule has 1 aliphatic heterocycles. The summed E-state index contributed by atoms with van der Waals surface area (Å²) in [5.74, 6) is 1.33. The number of hydrogen-bond donors (Lipinski definition) is 1. The van der Waals surface area contributed by atoms with Crippen molar-refractivity contribution in [2.45, 2.75) is 50.1 Å². The fraction of sp³-hybridized carbons (Fsp3) is 0.292. The first-order valence-corrected chi connectivity index (χ1v) is 11.8. The van der Waals surface area contributed by atoms with Crippen LogP contribution in [0.4, 0.5) is 11.6 Å². The van der Waals surface area contributed by atoms with Crippen molar-refractivity contribution in [1.82, 2.24) is 14.8 Å². The molecule has 0 bridgehead atoms. The lowest BCUT2D eigenvalue weighted by molar-refractivity contribution is -0.384. The molecule has 1 unspecified atom stereocenters. The van der Waals surface area contributed by atoms with Crippen molar-refractivity contribution in [3.8, 4) is 0 Å². The molecule has 33 heavy (non-hydrogen) atoms. The highest BCUT2D eigenvalue weighted by molar-refractivity contribution is 7.98. The third kappa shape index (κ3) is 4.04. The SMILES string of the molecule is Cc1ccc(CSc2nc3n(n2)C(c2cccc([N+](=O)[O-])c2)C2=C(CCCC2=O)N3)c(C)c1. The number of rotatable bonds is 5. The van der Waals surface area contributed by atoms with E-state index in [1.165, 1.54) is 40.6 Å². The Morgan fingerprint density at radius 3 is 2.85 bits per heavy atom.